The van der Waals surface area contributed by atoms with Gasteiger partial charge in [0, 0.05) is 0 Å². The summed E-state index contributed by atoms with van der Waals surface area (Å²) in [4.78, 5) is 61.8. The molecule has 0 fully saturated rings. The van der Waals surface area contributed by atoms with Crippen LogP contribution in [0.15, 0.2) is 30.3 Å². The number of alkyl carbamates (subject to hydrolysis) is 1. The fourth-order valence-corrected chi connectivity index (χ4v) is 2.71. The van der Waals surface area contributed by atoms with Gasteiger partial charge in [-0.1, -0.05) is 30.3 Å². The van der Waals surface area contributed by atoms with E-state index in [1.807, 2.05) is 0 Å². The summed E-state index contributed by atoms with van der Waals surface area (Å²) >= 11 is 0. The second-order valence-corrected chi connectivity index (χ2v) is 8.78. The monoisotopic (exact) mass is 509 g/mol. The third-order valence-electron chi connectivity index (χ3n) is 4.44. The molecule has 1 aromatic rings. The maximum absolute atomic E-state index is 12.8. The van der Waals surface area contributed by atoms with E-state index in [2.05, 4.69) is 16.0 Å². The molecule has 0 aliphatic rings. The Kier molecular flexibility index (Phi) is 12.4. The molecule has 3 atom stereocenters. The van der Waals surface area contributed by atoms with E-state index in [-0.39, 0.29) is 13.2 Å². The van der Waals surface area contributed by atoms with Crippen LogP contribution < -0.4 is 16.0 Å². The first-order valence-corrected chi connectivity index (χ1v) is 11.4. The van der Waals surface area contributed by atoms with Gasteiger partial charge < -0.3 is 35.3 Å². The fraction of sp³-hybridized carbons (Fsp3) is 0.542. The third kappa shape index (κ3) is 11.6. The Labute approximate surface area is 210 Å². The predicted molar refractivity (Wildman–Crippen MR) is 127 cm³/mol. The highest BCUT2D eigenvalue weighted by Crippen LogP contribution is 2.07. The van der Waals surface area contributed by atoms with Crippen molar-refractivity contribution in [1.82, 2.24) is 16.0 Å². The van der Waals surface area contributed by atoms with Gasteiger partial charge in [-0.25, -0.2) is 9.59 Å². The highest BCUT2D eigenvalue weighted by Gasteiger charge is 2.31. The van der Waals surface area contributed by atoms with Crippen LogP contribution in [0.2, 0.25) is 0 Å². The molecule has 12 nitrogen and oxygen atoms in total. The van der Waals surface area contributed by atoms with Crippen LogP contribution in [0.4, 0.5) is 4.79 Å². The maximum Gasteiger partial charge on any atom is 0.408 e. The first kappa shape index (κ1) is 30.4. The van der Waals surface area contributed by atoms with E-state index >= 15 is 0 Å². The number of esters is 2. The number of hydrogen-bond donors (Lipinski definition) is 4. The highest BCUT2D eigenvalue weighted by molar-refractivity contribution is 5.95. The van der Waals surface area contributed by atoms with Gasteiger partial charge in [-0.05, 0) is 40.2 Å². The Morgan fingerprint density at radius 2 is 1.53 bits per heavy atom. The van der Waals surface area contributed by atoms with Crippen LogP contribution in [0.1, 0.15) is 46.6 Å². The molecule has 0 radical (unpaired) electrons. The van der Waals surface area contributed by atoms with E-state index in [0.717, 1.165) is 0 Å². The van der Waals surface area contributed by atoms with Gasteiger partial charge in [0.15, 0.2) is 6.04 Å². The smallest absolute Gasteiger partial charge is 0.408 e. The molecule has 0 bridgehead atoms. The van der Waals surface area contributed by atoms with Crippen molar-refractivity contribution in [2.24, 2.45) is 0 Å². The summed E-state index contributed by atoms with van der Waals surface area (Å²) in [5.74, 6) is -3.42. The van der Waals surface area contributed by atoms with Gasteiger partial charge in [-0.15, -0.1) is 0 Å². The number of rotatable bonds is 12. The van der Waals surface area contributed by atoms with Gasteiger partial charge in [0.2, 0.25) is 11.8 Å². The van der Waals surface area contributed by atoms with Crippen molar-refractivity contribution in [3.8, 4) is 0 Å². The quantitative estimate of drug-likeness (QED) is 0.232. The Morgan fingerprint density at radius 3 is 2.08 bits per heavy atom. The number of carbonyl (C=O) groups is 5. The minimum absolute atomic E-state index is 0.0189. The van der Waals surface area contributed by atoms with E-state index in [1.165, 1.54) is 6.92 Å². The average Bonchev–Trinajstić information content (AvgIpc) is 2.79. The number of amides is 3. The molecule has 200 valence electrons. The number of aliphatic hydroxyl groups is 1. The van der Waals surface area contributed by atoms with Crippen molar-refractivity contribution < 1.29 is 43.3 Å². The van der Waals surface area contributed by atoms with E-state index in [4.69, 9.17) is 14.2 Å². The molecule has 0 heterocycles. The van der Waals surface area contributed by atoms with E-state index < -0.39 is 66.6 Å². The second kappa shape index (κ2) is 14.7. The van der Waals surface area contributed by atoms with Gasteiger partial charge in [0.1, 0.15) is 24.3 Å². The Balaban J connectivity index is 2.90. The average molecular weight is 510 g/mol. The number of aliphatic hydroxyl groups excluding tert-OH is 1. The molecule has 12 heteroatoms. The molecule has 0 spiro atoms. The number of benzene rings is 1. The molecule has 0 unspecified atom stereocenters. The lowest BCUT2D eigenvalue weighted by Crippen LogP contribution is -2.56. The van der Waals surface area contributed by atoms with Gasteiger partial charge in [0.25, 0.3) is 0 Å². The van der Waals surface area contributed by atoms with Crippen molar-refractivity contribution in [2.75, 3.05) is 13.2 Å². The molecule has 3 amide bonds. The maximum atomic E-state index is 12.8. The lowest BCUT2D eigenvalue weighted by atomic mass is 10.1. The van der Waals surface area contributed by atoms with Crippen molar-refractivity contribution in [2.45, 2.75) is 71.4 Å². The highest BCUT2D eigenvalue weighted by atomic mass is 16.6. The lowest BCUT2D eigenvalue weighted by molar-refractivity contribution is -0.149. The van der Waals surface area contributed by atoms with E-state index in [1.54, 1.807) is 58.0 Å². The molecule has 0 saturated carbocycles. The fourth-order valence-electron chi connectivity index (χ4n) is 2.71. The first-order valence-electron chi connectivity index (χ1n) is 11.4. The number of nitrogens with one attached hydrogen (secondary N) is 3. The van der Waals surface area contributed by atoms with Crippen LogP contribution in [-0.4, -0.2) is 71.9 Å². The molecule has 0 aromatic heterocycles. The third-order valence-corrected chi connectivity index (χ3v) is 4.44. The Hall–Kier alpha value is -3.67. The normalized spacial score (nSPS) is 13.4. The number of hydrogen-bond acceptors (Lipinski definition) is 9. The zero-order valence-corrected chi connectivity index (χ0v) is 21.2. The summed E-state index contributed by atoms with van der Waals surface area (Å²) in [6.07, 6.45) is -1.43. The standard InChI is InChI=1S/C24H35N3O9/c1-6-34-22(32)18(13-28)27-21(31)17(12-19(29)35-14-16-10-8-7-9-11-16)26-20(30)15(2)25-23(33)36-24(3,4)5/h7-11,15,17-18,28H,6,12-14H2,1-5H3,(H,25,33)(H,26,30)(H,27,31)/t15-,17-,18-/m0/s1. The van der Waals surface area contributed by atoms with Crippen molar-refractivity contribution in [3.63, 3.8) is 0 Å². The summed E-state index contributed by atoms with van der Waals surface area (Å²) in [6.45, 7) is 7.07. The summed E-state index contributed by atoms with van der Waals surface area (Å²) in [5, 5.41) is 16.4. The molecule has 0 saturated heterocycles. The summed E-state index contributed by atoms with van der Waals surface area (Å²) in [7, 11) is 0. The van der Waals surface area contributed by atoms with Crippen LogP contribution in [0, 0.1) is 0 Å². The first-order chi connectivity index (χ1) is 16.9. The van der Waals surface area contributed by atoms with Crippen LogP contribution in [-0.2, 0) is 40.0 Å². The molecule has 36 heavy (non-hydrogen) atoms. The van der Waals surface area contributed by atoms with Gasteiger partial charge in [-0.3, -0.25) is 14.4 Å². The SMILES string of the molecule is CCOC(=O)[C@H](CO)NC(=O)[C@H](CC(=O)OCc1ccccc1)NC(=O)[C@H](C)NC(=O)OC(C)(C)C. The summed E-state index contributed by atoms with van der Waals surface area (Å²) in [5.41, 5.74) is -0.0776. The van der Waals surface area contributed by atoms with Gasteiger partial charge >= 0.3 is 18.0 Å². The molecular weight excluding hydrogens is 474 g/mol. The van der Waals surface area contributed by atoms with Crippen LogP contribution in [0.25, 0.3) is 0 Å². The Bertz CT molecular complexity index is 900. The number of ether oxygens (including phenoxy) is 3. The lowest BCUT2D eigenvalue weighted by Gasteiger charge is -2.24. The summed E-state index contributed by atoms with van der Waals surface area (Å²) in [6, 6.07) is 4.81. The van der Waals surface area contributed by atoms with Crippen molar-refractivity contribution >= 4 is 29.8 Å². The van der Waals surface area contributed by atoms with E-state index in [0.29, 0.717) is 5.56 Å². The van der Waals surface area contributed by atoms with Crippen molar-refractivity contribution in [3.05, 3.63) is 35.9 Å². The zero-order chi connectivity index (χ0) is 27.3. The molecular formula is C24H35N3O9. The topological polar surface area (TPSA) is 169 Å². The second-order valence-electron chi connectivity index (χ2n) is 8.78. The van der Waals surface area contributed by atoms with Crippen LogP contribution >= 0.6 is 0 Å². The van der Waals surface area contributed by atoms with Crippen LogP contribution in [0.5, 0.6) is 0 Å². The molecule has 0 aliphatic heterocycles. The minimum atomic E-state index is -1.48. The van der Waals surface area contributed by atoms with Gasteiger partial charge in [-0.2, -0.15) is 0 Å². The Morgan fingerprint density at radius 1 is 0.917 bits per heavy atom. The van der Waals surface area contributed by atoms with Gasteiger partial charge in [0.05, 0.1) is 19.6 Å². The largest absolute Gasteiger partial charge is 0.464 e. The minimum Gasteiger partial charge on any atom is -0.464 e. The molecule has 1 aromatic carbocycles. The number of carbonyl (C=O) groups excluding carboxylic acids is 5. The van der Waals surface area contributed by atoms with Crippen molar-refractivity contribution in [1.29, 1.82) is 0 Å². The zero-order valence-electron chi connectivity index (χ0n) is 21.2. The molecule has 1 rings (SSSR count). The van der Waals surface area contributed by atoms with E-state index in [9.17, 15) is 29.1 Å². The predicted octanol–water partition coefficient (Wildman–Crippen LogP) is 0.558. The van der Waals surface area contributed by atoms with Crippen LogP contribution in [0.3, 0.4) is 0 Å². The summed E-state index contributed by atoms with van der Waals surface area (Å²) < 4.78 is 15.1. The molecule has 0 aliphatic carbocycles. The molecule has 4 N–H and O–H groups in total.